The molecule has 0 aliphatic rings. The van der Waals surface area contributed by atoms with Gasteiger partial charge in [-0.1, -0.05) is 115 Å². The summed E-state index contributed by atoms with van der Waals surface area (Å²) in [6.45, 7) is 0. The third kappa shape index (κ3) is 3.71. The van der Waals surface area contributed by atoms with Gasteiger partial charge in [0.15, 0.2) is 5.82 Å². The van der Waals surface area contributed by atoms with Crippen LogP contribution < -0.4 is 0 Å². The zero-order chi connectivity index (χ0) is 29.0. The zero-order valence-electron chi connectivity index (χ0n) is 23.8. The SMILES string of the molecule is c1ccc(-c2nc(-c3cccc(-n4c5ccccc5c5ccccc54)c3)nc3c2c2ccccc2n3-c2ccccc2)cc1. The Morgan fingerprint density at radius 3 is 1.59 bits per heavy atom. The smallest absolute Gasteiger partial charge is 0.162 e. The van der Waals surface area contributed by atoms with Gasteiger partial charge in [-0.2, -0.15) is 0 Å². The third-order valence-corrected chi connectivity index (χ3v) is 8.52. The fraction of sp³-hybridized carbons (Fsp3) is 0. The molecule has 4 nitrogen and oxygen atoms in total. The van der Waals surface area contributed by atoms with Crippen LogP contribution in [0.5, 0.6) is 0 Å². The Labute approximate surface area is 254 Å². The molecule has 0 aliphatic heterocycles. The van der Waals surface area contributed by atoms with Crippen LogP contribution in [0.2, 0.25) is 0 Å². The van der Waals surface area contributed by atoms with Crippen molar-refractivity contribution in [3.63, 3.8) is 0 Å². The molecular formula is C40H26N4. The predicted octanol–water partition coefficient (Wildman–Crippen LogP) is 10.0. The second kappa shape index (κ2) is 9.79. The van der Waals surface area contributed by atoms with Crippen LogP contribution in [0, 0.1) is 0 Å². The molecule has 0 amide bonds. The number of fused-ring (bicyclic) bond motifs is 6. The molecule has 0 atom stereocenters. The molecule has 0 aliphatic carbocycles. The topological polar surface area (TPSA) is 35.6 Å². The molecule has 0 spiro atoms. The van der Waals surface area contributed by atoms with Crippen molar-refractivity contribution < 1.29 is 0 Å². The minimum Gasteiger partial charge on any atom is -0.309 e. The molecule has 44 heavy (non-hydrogen) atoms. The molecule has 9 rings (SSSR count). The van der Waals surface area contributed by atoms with Gasteiger partial charge < -0.3 is 4.57 Å². The van der Waals surface area contributed by atoms with Gasteiger partial charge in [0.2, 0.25) is 0 Å². The Balaban J connectivity index is 1.35. The number of benzene rings is 6. The van der Waals surface area contributed by atoms with Crippen molar-refractivity contribution in [1.29, 1.82) is 0 Å². The Kier molecular flexibility index (Phi) is 5.47. The van der Waals surface area contributed by atoms with Crippen LogP contribution in [0.1, 0.15) is 0 Å². The van der Waals surface area contributed by atoms with Crippen molar-refractivity contribution >= 4 is 43.7 Å². The van der Waals surface area contributed by atoms with E-state index in [1.165, 1.54) is 21.8 Å². The summed E-state index contributed by atoms with van der Waals surface area (Å²) in [5.41, 5.74) is 9.46. The standard InChI is InChI=1S/C40H26N4/c1-3-14-27(15-4-1)38-37-33-22-9-12-25-36(33)44(29-17-5-2-6-18-29)40(37)42-39(41-38)28-16-13-19-30(26-28)43-34-23-10-7-20-31(34)32-21-8-11-24-35(32)43/h1-26H. The van der Waals surface area contributed by atoms with E-state index < -0.39 is 0 Å². The Morgan fingerprint density at radius 2 is 0.909 bits per heavy atom. The van der Waals surface area contributed by atoms with E-state index in [-0.39, 0.29) is 0 Å². The minimum atomic E-state index is 0.693. The van der Waals surface area contributed by atoms with Crippen LogP contribution in [-0.4, -0.2) is 19.1 Å². The third-order valence-electron chi connectivity index (χ3n) is 8.52. The molecule has 0 fully saturated rings. The molecule has 3 aromatic heterocycles. The highest BCUT2D eigenvalue weighted by Crippen LogP contribution is 2.39. The maximum Gasteiger partial charge on any atom is 0.162 e. The molecule has 0 radical (unpaired) electrons. The summed E-state index contributed by atoms with van der Waals surface area (Å²) in [6.07, 6.45) is 0. The summed E-state index contributed by atoms with van der Waals surface area (Å²) in [4.78, 5) is 10.6. The minimum absolute atomic E-state index is 0.693. The molecule has 3 heterocycles. The van der Waals surface area contributed by atoms with Crippen molar-refractivity contribution in [2.45, 2.75) is 0 Å². The molecule has 9 aromatic rings. The van der Waals surface area contributed by atoms with E-state index in [1.807, 2.05) is 12.1 Å². The largest absolute Gasteiger partial charge is 0.309 e. The predicted molar refractivity (Wildman–Crippen MR) is 182 cm³/mol. The molecule has 0 saturated heterocycles. The lowest BCUT2D eigenvalue weighted by molar-refractivity contribution is 1.11. The average Bonchev–Trinajstić information content (AvgIpc) is 3.62. The summed E-state index contributed by atoms with van der Waals surface area (Å²) in [7, 11) is 0. The number of hydrogen-bond donors (Lipinski definition) is 0. The first-order valence-electron chi connectivity index (χ1n) is 14.9. The number of hydrogen-bond acceptors (Lipinski definition) is 2. The normalized spacial score (nSPS) is 11.6. The highest BCUT2D eigenvalue weighted by molar-refractivity contribution is 6.14. The molecule has 206 valence electrons. The van der Waals surface area contributed by atoms with Crippen LogP contribution in [0.4, 0.5) is 0 Å². The van der Waals surface area contributed by atoms with Crippen LogP contribution in [0.25, 0.3) is 77.8 Å². The monoisotopic (exact) mass is 562 g/mol. The first-order valence-corrected chi connectivity index (χ1v) is 14.9. The molecule has 0 N–H and O–H groups in total. The van der Waals surface area contributed by atoms with E-state index in [0.717, 1.165) is 50.1 Å². The van der Waals surface area contributed by atoms with E-state index in [1.54, 1.807) is 0 Å². The Morgan fingerprint density at radius 1 is 0.386 bits per heavy atom. The van der Waals surface area contributed by atoms with Crippen LogP contribution in [-0.2, 0) is 0 Å². The number of rotatable bonds is 4. The molecule has 0 unspecified atom stereocenters. The van der Waals surface area contributed by atoms with Crippen LogP contribution >= 0.6 is 0 Å². The first kappa shape index (κ1) is 24.6. The van der Waals surface area contributed by atoms with Gasteiger partial charge in [0, 0.05) is 38.7 Å². The summed E-state index contributed by atoms with van der Waals surface area (Å²) in [5, 5.41) is 4.67. The maximum absolute atomic E-state index is 5.33. The fourth-order valence-corrected chi connectivity index (χ4v) is 6.61. The highest BCUT2D eigenvalue weighted by Gasteiger charge is 2.21. The van der Waals surface area contributed by atoms with Gasteiger partial charge >= 0.3 is 0 Å². The van der Waals surface area contributed by atoms with Gasteiger partial charge in [0.05, 0.1) is 27.6 Å². The zero-order valence-corrected chi connectivity index (χ0v) is 23.8. The lowest BCUT2D eigenvalue weighted by Gasteiger charge is -2.12. The van der Waals surface area contributed by atoms with Gasteiger partial charge in [0.25, 0.3) is 0 Å². The van der Waals surface area contributed by atoms with Crippen molar-refractivity contribution in [2.75, 3.05) is 0 Å². The van der Waals surface area contributed by atoms with Gasteiger partial charge in [-0.3, -0.25) is 4.57 Å². The van der Waals surface area contributed by atoms with Gasteiger partial charge in [-0.15, -0.1) is 0 Å². The van der Waals surface area contributed by atoms with E-state index >= 15 is 0 Å². The molecule has 6 aromatic carbocycles. The summed E-state index contributed by atoms with van der Waals surface area (Å²) >= 11 is 0. The molecule has 4 heteroatoms. The van der Waals surface area contributed by atoms with E-state index in [9.17, 15) is 0 Å². The van der Waals surface area contributed by atoms with Gasteiger partial charge in [-0.25, -0.2) is 9.97 Å². The molecule has 0 bridgehead atoms. The van der Waals surface area contributed by atoms with E-state index in [0.29, 0.717) is 5.82 Å². The van der Waals surface area contributed by atoms with Crippen LogP contribution in [0.3, 0.4) is 0 Å². The van der Waals surface area contributed by atoms with Crippen molar-refractivity contribution in [3.8, 4) is 34.0 Å². The summed E-state index contributed by atoms with van der Waals surface area (Å²) < 4.78 is 4.60. The first-order chi connectivity index (χ1) is 21.8. The van der Waals surface area contributed by atoms with Crippen molar-refractivity contribution in [2.24, 2.45) is 0 Å². The quantitative estimate of drug-likeness (QED) is 0.214. The summed E-state index contributed by atoms with van der Waals surface area (Å²) in [6, 6.07) is 55.3. The second-order valence-electron chi connectivity index (χ2n) is 11.1. The average molecular weight is 563 g/mol. The van der Waals surface area contributed by atoms with Gasteiger partial charge in [-0.05, 0) is 42.5 Å². The summed E-state index contributed by atoms with van der Waals surface area (Å²) in [5.74, 6) is 0.693. The number of nitrogens with zero attached hydrogens (tertiary/aromatic N) is 4. The molecule has 0 saturated carbocycles. The fourth-order valence-electron chi connectivity index (χ4n) is 6.61. The number of aromatic nitrogens is 4. The lowest BCUT2D eigenvalue weighted by atomic mass is 10.1. The van der Waals surface area contributed by atoms with Gasteiger partial charge in [0.1, 0.15) is 5.65 Å². The van der Waals surface area contributed by atoms with E-state index in [2.05, 4.69) is 155 Å². The van der Waals surface area contributed by atoms with Crippen molar-refractivity contribution in [3.05, 3.63) is 158 Å². The Hall–Kier alpha value is -6.00. The van der Waals surface area contributed by atoms with Crippen molar-refractivity contribution in [1.82, 2.24) is 19.1 Å². The molecular weight excluding hydrogens is 536 g/mol. The number of para-hydroxylation sites is 4. The maximum atomic E-state index is 5.33. The Bertz CT molecular complexity index is 2430. The van der Waals surface area contributed by atoms with E-state index in [4.69, 9.17) is 9.97 Å². The van der Waals surface area contributed by atoms with Crippen LogP contribution in [0.15, 0.2) is 158 Å². The lowest BCUT2D eigenvalue weighted by Crippen LogP contribution is -2.00. The second-order valence-corrected chi connectivity index (χ2v) is 11.1. The highest BCUT2D eigenvalue weighted by atomic mass is 15.1.